The minimum absolute atomic E-state index is 0.514. The number of ether oxygens (including phenoxy) is 1. The second-order valence-electron chi connectivity index (χ2n) is 10.0. The van der Waals surface area contributed by atoms with Crippen LogP contribution in [0, 0.1) is 0 Å². The molecule has 0 N–H and O–H groups in total. The van der Waals surface area contributed by atoms with Crippen molar-refractivity contribution in [3.8, 4) is 11.3 Å². The van der Waals surface area contributed by atoms with Crippen LogP contribution in [0.15, 0.2) is 97.0 Å². The van der Waals surface area contributed by atoms with E-state index in [1.807, 2.05) is 18.3 Å². The van der Waals surface area contributed by atoms with E-state index in [0.717, 1.165) is 44.6 Å². The molecule has 6 nitrogen and oxygen atoms in total. The van der Waals surface area contributed by atoms with Crippen molar-refractivity contribution in [2.45, 2.75) is 37.3 Å². The highest BCUT2D eigenvalue weighted by Crippen LogP contribution is 2.35. The highest BCUT2D eigenvalue weighted by molar-refractivity contribution is 7.99. The van der Waals surface area contributed by atoms with Crippen molar-refractivity contribution in [3.63, 3.8) is 0 Å². The van der Waals surface area contributed by atoms with E-state index in [4.69, 9.17) is 9.15 Å². The van der Waals surface area contributed by atoms with Crippen molar-refractivity contribution < 1.29 is 17.9 Å². The van der Waals surface area contributed by atoms with E-state index in [9.17, 15) is 8.78 Å². The fourth-order valence-corrected chi connectivity index (χ4v) is 5.81. The zero-order chi connectivity index (χ0) is 29.3. The molecule has 0 unspecified atom stereocenters. The largest absolute Gasteiger partial charge is 0.455 e. The van der Waals surface area contributed by atoms with Crippen LogP contribution < -0.4 is 4.90 Å². The van der Waals surface area contributed by atoms with Gasteiger partial charge in [0.05, 0.1) is 25.6 Å². The van der Waals surface area contributed by atoms with E-state index in [1.165, 1.54) is 28.1 Å². The average Bonchev–Trinajstić information content (AvgIpc) is 3.64. The van der Waals surface area contributed by atoms with Crippen LogP contribution in [0.3, 0.4) is 0 Å². The summed E-state index contributed by atoms with van der Waals surface area (Å²) in [7, 11) is 0. The molecule has 9 heteroatoms. The number of furan rings is 1. The first-order valence-corrected chi connectivity index (χ1v) is 15.2. The summed E-state index contributed by atoms with van der Waals surface area (Å²) < 4.78 is 36.6. The molecule has 1 aromatic heterocycles. The molecule has 2 aromatic carbocycles. The maximum atomic E-state index is 12.6. The Balaban J connectivity index is 1.30. The van der Waals surface area contributed by atoms with Gasteiger partial charge in [-0.05, 0) is 85.9 Å². The molecule has 1 fully saturated rings. The highest BCUT2D eigenvalue weighted by Gasteiger charge is 2.25. The molecule has 1 aliphatic heterocycles. The summed E-state index contributed by atoms with van der Waals surface area (Å²) in [6.45, 7) is 9.47. The van der Waals surface area contributed by atoms with E-state index in [2.05, 4.69) is 64.2 Å². The van der Waals surface area contributed by atoms with Crippen LogP contribution in [0.2, 0.25) is 0 Å². The maximum absolute atomic E-state index is 12.6. The summed E-state index contributed by atoms with van der Waals surface area (Å²) >= 11 is 0.525. The van der Waals surface area contributed by atoms with Gasteiger partial charge in [-0.25, -0.2) is 0 Å². The van der Waals surface area contributed by atoms with Crippen LogP contribution in [0.25, 0.3) is 17.4 Å². The van der Waals surface area contributed by atoms with Gasteiger partial charge in [0.2, 0.25) is 0 Å². The van der Waals surface area contributed by atoms with E-state index in [-0.39, 0.29) is 0 Å². The second kappa shape index (κ2) is 14.5. The molecule has 220 valence electrons. The van der Waals surface area contributed by atoms with Crippen LogP contribution in [-0.2, 0) is 4.74 Å². The van der Waals surface area contributed by atoms with Gasteiger partial charge in [0.15, 0.2) is 0 Å². The van der Waals surface area contributed by atoms with Crippen LogP contribution in [0.5, 0.6) is 0 Å². The fraction of sp³-hybridized carbons (Fsp3) is 0.333. The van der Waals surface area contributed by atoms with Crippen molar-refractivity contribution >= 4 is 36.0 Å². The Kier molecular flexibility index (Phi) is 10.3. The first kappa shape index (κ1) is 29.8. The summed E-state index contributed by atoms with van der Waals surface area (Å²) in [6.07, 6.45) is 7.59. The lowest BCUT2D eigenvalue weighted by atomic mass is 10.1. The summed E-state index contributed by atoms with van der Waals surface area (Å²) in [6, 6.07) is 19.3. The number of benzene rings is 2. The van der Waals surface area contributed by atoms with E-state index in [0.29, 0.717) is 41.4 Å². The number of hydrogen-bond donors (Lipinski definition) is 0. The predicted molar refractivity (Wildman–Crippen MR) is 169 cm³/mol. The van der Waals surface area contributed by atoms with Gasteiger partial charge in [-0.3, -0.25) is 0 Å². The van der Waals surface area contributed by atoms with Crippen molar-refractivity contribution in [2.24, 2.45) is 10.2 Å². The molecule has 0 spiro atoms. The summed E-state index contributed by atoms with van der Waals surface area (Å²) in [5.74, 6) is -1.23. The second-order valence-corrected chi connectivity index (χ2v) is 11.1. The van der Waals surface area contributed by atoms with Crippen LogP contribution in [-0.4, -0.2) is 62.5 Å². The molecule has 42 heavy (non-hydrogen) atoms. The summed E-state index contributed by atoms with van der Waals surface area (Å²) in [4.78, 5) is 5.27. The van der Waals surface area contributed by atoms with Crippen LogP contribution in [0.1, 0.15) is 38.0 Å². The molecule has 2 aliphatic rings. The third kappa shape index (κ3) is 7.57. The highest BCUT2D eigenvalue weighted by atomic mass is 32.2. The lowest BCUT2D eigenvalue weighted by Crippen LogP contribution is -2.36. The normalized spacial score (nSPS) is 17.1. The molecule has 1 saturated heterocycles. The van der Waals surface area contributed by atoms with Crippen molar-refractivity contribution in [2.75, 3.05) is 44.3 Å². The number of anilines is 1. The summed E-state index contributed by atoms with van der Waals surface area (Å²) in [5.41, 5.74) is 6.96. The molecular weight excluding hydrogens is 554 g/mol. The third-order valence-electron chi connectivity index (χ3n) is 7.42. The predicted octanol–water partition coefficient (Wildman–Crippen LogP) is 7.98. The average molecular weight is 591 g/mol. The molecule has 0 bridgehead atoms. The maximum Gasteiger partial charge on any atom is 0.288 e. The molecule has 0 amide bonds. The smallest absolute Gasteiger partial charge is 0.288 e. The van der Waals surface area contributed by atoms with E-state index >= 15 is 0 Å². The number of hydrogen-bond acceptors (Lipinski definition) is 7. The van der Waals surface area contributed by atoms with Gasteiger partial charge in [0, 0.05) is 48.0 Å². The molecule has 0 atom stereocenters. The van der Waals surface area contributed by atoms with E-state index in [1.54, 1.807) is 30.5 Å². The zero-order valence-corrected chi connectivity index (χ0v) is 24.8. The van der Waals surface area contributed by atoms with Gasteiger partial charge in [0.25, 0.3) is 5.76 Å². The molecule has 3 aromatic rings. The third-order valence-corrected chi connectivity index (χ3v) is 8.14. The Bertz CT molecular complexity index is 1440. The van der Waals surface area contributed by atoms with Gasteiger partial charge in [0.1, 0.15) is 11.5 Å². The lowest BCUT2D eigenvalue weighted by Gasteiger charge is -2.31. The zero-order valence-electron chi connectivity index (χ0n) is 24.0. The molecule has 5 rings (SSSR count). The Morgan fingerprint density at radius 2 is 1.62 bits per heavy atom. The first-order chi connectivity index (χ1) is 20.5. The Labute approximate surface area is 250 Å². The van der Waals surface area contributed by atoms with Gasteiger partial charge in [-0.2, -0.15) is 19.0 Å². The van der Waals surface area contributed by atoms with Gasteiger partial charge in [-0.15, -0.1) is 0 Å². The summed E-state index contributed by atoms with van der Waals surface area (Å²) in [5, 5.41) is 8.62. The number of thioether (sulfide) groups is 1. The van der Waals surface area contributed by atoms with Gasteiger partial charge in [-0.1, -0.05) is 36.0 Å². The fourth-order valence-electron chi connectivity index (χ4n) is 5.31. The lowest BCUT2D eigenvalue weighted by molar-refractivity contribution is 0.0548. The van der Waals surface area contributed by atoms with Crippen LogP contribution >= 0.6 is 11.8 Å². The quantitative estimate of drug-likeness (QED) is 0.129. The van der Waals surface area contributed by atoms with Crippen molar-refractivity contribution in [1.82, 2.24) is 4.90 Å². The number of morpholine rings is 1. The van der Waals surface area contributed by atoms with Crippen molar-refractivity contribution in [3.05, 3.63) is 88.8 Å². The number of alkyl halides is 2. The molecule has 0 radical (unpaired) electrons. The number of allylic oxidation sites excluding steroid dienone is 2. The minimum atomic E-state index is -2.44. The van der Waals surface area contributed by atoms with Crippen molar-refractivity contribution in [1.29, 1.82) is 0 Å². The minimum Gasteiger partial charge on any atom is -0.455 e. The van der Waals surface area contributed by atoms with E-state index < -0.39 is 5.76 Å². The standard InChI is InChI=1S/C33H36F2N4O2S/c1-3-38(4-2)28-11-5-24(6-12-28)21-26-7-8-27(32(26)39-17-19-40-20-18-39)22-36-37-23-29-13-16-31(41-29)25-9-14-30(15-10-25)42-33(34)35/h5-6,9-16,21-23,33H,3-4,7-8,17-20H2,1-2H3/b26-21+,36-22+,37-23+. The number of rotatable bonds is 11. The first-order valence-electron chi connectivity index (χ1n) is 14.4. The number of halogens is 2. The molecule has 1 aliphatic carbocycles. The molecule has 0 saturated carbocycles. The van der Waals surface area contributed by atoms with Gasteiger partial charge < -0.3 is 19.0 Å². The van der Waals surface area contributed by atoms with Gasteiger partial charge >= 0.3 is 0 Å². The Morgan fingerprint density at radius 1 is 0.905 bits per heavy atom. The molecule has 2 heterocycles. The topological polar surface area (TPSA) is 53.6 Å². The van der Waals surface area contributed by atoms with Crippen LogP contribution in [0.4, 0.5) is 14.5 Å². The SMILES string of the molecule is CCN(CC)c1ccc(/C=C2\CCC(/C=N/N=C/c3ccc(-c4ccc(SC(F)F)cc4)o3)=C2N2CCOCC2)cc1. The monoisotopic (exact) mass is 590 g/mol. The Hall–Kier alpha value is -3.69. The Morgan fingerprint density at radius 3 is 2.31 bits per heavy atom. The molecular formula is C33H36F2N4O2S. The number of nitrogens with zero attached hydrogens (tertiary/aromatic N) is 4.